The number of hydrogen-bond acceptors (Lipinski definition) is 3. The molecule has 0 aromatic carbocycles. The fourth-order valence-electron chi connectivity index (χ4n) is 2.30. The van der Waals surface area contributed by atoms with E-state index < -0.39 is 11.9 Å². The first kappa shape index (κ1) is 24.7. The van der Waals surface area contributed by atoms with Gasteiger partial charge in [0.15, 0.2) is 0 Å². The van der Waals surface area contributed by atoms with E-state index in [1.54, 1.807) is 0 Å². The van der Waals surface area contributed by atoms with E-state index in [0.717, 1.165) is 25.0 Å². The minimum atomic E-state index is -1.14. The van der Waals surface area contributed by atoms with Gasteiger partial charge in [-0.2, -0.15) is 0 Å². The molecule has 0 aliphatic rings. The molecule has 0 heterocycles. The number of carbonyl (C=O) groups excluding carboxylic acids is 1. The minimum Gasteiger partial charge on any atom is -1.00 e. The van der Waals surface area contributed by atoms with Crippen molar-refractivity contribution in [1.82, 2.24) is 0 Å². The maximum absolute atomic E-state index is 11.1. The molecule has 132 valence electrons. The molecule has 0 bridgehead atoms. The smallest absolute Gasteiger partial charge is 1.00 e. The van der Waals surface area contributed by atoms with Crippen LogP contribution in [-0.2, 0) is 14.3 Å². The third-order valence-corrected chi connectivity index (χ3v) is 3.60. The second-order valence-corrected chi connectivity index (χ2v) is 5.73. The van der Waals surface area contributed by atoms with Crippen LogP contribution < -0.4 is 0 Å². The number of esters is 1. The van der Waals surface area contributed by atoms with Crippen molar-refractivity contribution in [3.05, 3.63) is 12.2 Å². The van der Waals surface area contributed by atoms with E-state index in [2.05, 4.69) is 6.92 Å². The van der Waals surface area contributed by atoms with Gasteiger partial charge in [0.25, 0.3) is 0 Å². The fourth-order valence-corrected chi connectivity index (χ4v) is 2.30. The Labute approximate surface area is 160 Å². The van der Waals surface area contributed by atoms with Gasteiger partial charge in [-0.1, -0.05) is 77.6 Å². The molecule has 1 N–H and O–H groups in total. The average Bonchev–Trinajstić information content (AvgIpc) is 2.49. The van der Waals surface area contributed by atoms with Gasteiger partial charge in [-0.15, -0.1) is 0 Å². The topological polar surface area (TPSA) is 63.6 Å². The summed E-state index contributed by atoms with van der Waals surface area (Å²) < 4.78 is 4.90. The Morgan fingerprint density at radius 2 is 1.26 bits per heavy atom. The number of carboxylic acid groups (broad SMARTS) is 1. The SMILES string of the molecule is CCCCCCCCCCCCCCOC(=O)/C=C\C(=O)O.[H-].[H-].[Mg+2]. The maximum atomic E-state index is 11.1. The van der Waals surface area contributed by atoms with Gasteiger partial charge in [-0.3, -0.25) is 0 Å². The molecule has 5 heteroatoms. The summed E-state index contributed by atoms with van der Waals surface area (Å²) in [6.07, 6.45) is 16.9. The van der Waals surface area contributed by atoms with Gasteiger partial charge in [0.1, 0.15) is 0 Å². The average molecular weight is 339 g/mol. The fraction of sp³-hybridized carbons (Fsp3) is 0.778. The number of hydrogen-bond donors (Lipinski definition) is 1. The van der Waals surface area contributed by atoms with Gasteiger partial charge in [0.2, 0.25) is 0 Å². The first-order valence-corrected chi connectivity index (χ1v) is 8.74. The van der Waals surface area contributed by atoms with Crippen LogP contribution in [0.5, 0.6) is 0 Å². The van der Waals surface area contributed by atoms with E-state index in [4.69, 9.17) is 9.84 Å². The minimum absolute atomic E-state index is 0. The zero-order valence-corrected chi connectivity index (χ0v) is 16.1. The Kier molecular flexibility index (Phi) is 20.9. The largest absolute Gasteiger partial charge is 2.00 e. The molecule has 0 aromatic rings. The van der Waals surface area contributed by atoms with Crippen LogP contribution in [0, 0.1) is 0 Å². The van der Waals surface area contributed by atoms with Crippen LogP contribution in [-0.4, -0.2) is 46.7 Å². The van der Waals surface area contributed by atoms with Crippen LogP contribution in [0.2, 0.25) is 0 Å². The number of ether oxygens (including phenoxy) is 1. The molecule has 0 aromatic heterocycles. The molecule has 23 heavy (non-hydrogen) atoms. The summed E-state index contributed by atoms with van der Waals surface area (Å²) in [6.45, 7) is 2.62. The summed E-state index contributed by atoms with van der Waals surface area (Å²) in [7, 11) is 0. The summed E-state index contributed by atoms with van der Waals surface area (Å²) in [4.78, 5) is 21.3. The van der Waals surface area contributed by atoms with Crippen molar-refractivity contribution in [2.24, 2.45) is 0 Å². The Hall–Kier alpha value is -0.554. The predicted molar refractivity (Wildman–Crippen MR) is 96.8 cm³/mol. The second-order valence-electron chi connectivity index (χ2n) is 5.73. The zero-order chi connectivity index (χ0) is 16.5. The molecule has 0 radical (unpaired) electrons. The molecule has 0 saturated carbocycles. The molecule has 0 rings (SSSR count). The van der Waals surface area contributed by atoms with Crippen molar-refractivity contribution < 1.29 is 22.3 Å². The van der Waals surface area contributed by atoms with E-state index in [1.807, 2.05) is 0 Å². The molecule has 0 unspecified atom stereocenters. The Morgan fingerprint density at radius 3 is 1.70 bits per heavy atom. The molecule has 0 atom stereocenters. The monoisotopic (exact) mass is 338 g/mol. The van der Waals surface area contributed by atoms with Gasteiger partial charge >= 0.3 is 35.0 Å². The quantitative estimate of drug-likeness (QED) is 0.203. The van der Waals surface area contributed by atoms with Crippen LogP contribution >= 0.6 is 0 Å². The van der Waals surface area contributed by atoms with Gasteiger partial charge in [0.05, 0.1) is 6.61 Å². The van der Waals surface area contributed by atoms with Crippen LogP contribution in [0.4, 0.5) is 0 Å². The van der Waals surface area contributed by atoms with Crippen LogP contribution in [0.3, 0.4) is 0 Å². The predicted octanol–water partition coefficient (Wildman–Crippen LogP) is 4.72. The maximum Gasteiger partial charge on any atom is 2.00 e. The van der Waals surface area contributed by atoms with E-state index in [-0.39, 0.29) is 25.9 Å². The Morgan fingerprint density at radius 1 is 0.826 bits per heavy atom. The van der Waals surface area contributed by atoms with Crippen LogP contribution in [0.25, 0.3) is 0 Å². The normalized spacial score (nSPS) is 10.5. The first-order valence-electron chi connectivity index (χ1n) is 8.74. The summed E-state index contributed by atoms with van der Waals surface area (Å²) in [5.74, 6) is -1.72. The molecule has 0 aliphatic carbocycles. The third kappa shape index (κ3) is 21.4. The molecule has 0 spiro atoms. The van der Waals surface area contributed by atoms with E-state index >= 15 is 0 Å². The Bertz CT molecular complexity index is 326. The number of carbonyl (C=O) groups is 2. The van der Waals surface area contributed by atoms with Crippen LogP contribution in [0.15, 0.2) is 12.2 Å². The van der Waals surface area contributed by atoms with E-state index in [0.29, 0.717) is 6.61 Å². The van der Waals surface area contributed by atoms with Crippen LogP contribution in [0.1, 0.15) is 86.8 Å². The second kappa shape index (κ2) is 19.5. The van der Waals surface area contributed by atoms with Crippen molar-refractivity contribution in [2.75, 3.05) is 6.61 Å². The van der Waals surface area contributed by atoms with Crippen molar-refractivity contribution in [1.29, 1.82) is 0 Å². The molecular weight excluding hydrogens is 304 g/mol. The molecule has 4 nitrogen and oxygen atoms in total. The van der Waals surface area contributed by atoms with Crippen molar-refractivity contribution in [2.45, 2.75) is 84.0 Å². The number of carboxylic acids is 1. The van der Waals surface area contributed by atoms with Crippen molar-refractivity contribution in [3.8, 4) is 0 Å². The standard InChI is InChI=1S/C18H32O4.Mg.2H/c1-2-3-4-5-6-7-8-9-10-11-12-13-16-22-18(21)15-14-17(19)20;;;/h14-15H,2-13,16H2,1H3,(H,19,20);;;/q;+2;2*-1/b15-14-;;;. The molecule has 0 amide bonds. The number of aliphatic carboxylic acids is 1. The zero-order valence-electron chi connectivity index (χ0n) is 16.7. The molecule has 0 fully saturated rings. The van der Waals surface area contributed by atoms with Crippen molar-refractivity contribution >= 4 is 35.0 Å². The van der Waals surface area contributed by atoms with Gasteiger partial charge < -0.3 is 12.7 Å². The summed E-state index contributed by atoms with van der Waals surface area (Å²) in [5, 5.41) is 8.35. The third-order valence-electron chi connectivity index (χ3n) is 3.60. The van der Waals surface area contributed by atoms with E-state index in [1.165, 1.54) is 64.2 Å². The van der Waals surface area contributed by atoms with Gasteiger partial charge in [0, 0.05) is 12.2 Å². The van der Waals surface area contributed by atoms with Gasteiger partial charge in [-0.05, 0) is 6.42 Å². The summed E-state index contributed by atoms with van der Waals surface area (Å²) in [6, 6.07) is 0. The number of rotatable bonds is 15. The first-order chi connectivity index (χ1) is 10.7. The molecular formula is C18H34MgO4. The Balaban J connectivity index is -0.000000735. The summed E-state index contributed by atoms with van der Waals surface area (Å²) >= 11 is 0. The molecule has 0 saturated heterocycles. The molecule has 0 aliphatic heterocycles. The summed E-state index contributed by atoms with van der Waals surface area (Å²) in [5.41, 5.74) is 0. The number of unbranched alkanes of at least 4 members (excludes halogenated alkanes) is 11. The van der Waals surface area contributed by atoms with Crippen molar-refractivity contribution in [3.63, 3.8) is 0 Å². The van der Waals surface area contributed by atoms with E-state index in [9.17, 15) is 9.59 Å². The van der Waals surface area contributed by atoms with Gasteiger partial charge in [-0.25, -0.2) is 9.59 Å².